The maximum absolute atomic E-state index is 3.58. The second-order valence-electron chi connectivity index (χ2n) is 5.73. The summed E-state index contributed by atoms with van der Waals surface area (Å²) in [7, 11) is 0. The maximum Gasteiger partial charge on any atom is 0.0340 e. The molecule has 0 aliphatic carbocycles. The lowest BCUT2D eigenvalue weighted by atomic mass is 9.98. The molecule has 3 heteroatoms. The van der Waals surface area contributed by atoms with E-state index in [1.807, 2.05) is 0 Å². The summed E-state index contributed by atoms with van der Waals surface area (Å²) in [6.45, 7) is 11.2. The van der Waals surface area contributed by atoms with Crippen LogP contribution in [0.4, 0.5) is 5.69 Å². The van der Waals surface area contributed by atoms with Crippen LogP contribution in [0.5, 0.6) is 0 Å². The molecule has 0 bridgehead atoms. The molecule has 1 aliphatic rings. The number of hydrogen-bond donors (Lipinski definition) is 2. The zero-order chi connectivity index (χ0) is 14.2. The summed E-state index contributed by atoms with van der Waals surface area (Å²) in [6.07, 6.45) is 2.60. The van der Waals surface area contributed by atoms with Crippen molar-refractivity contribution in [2.45, 2.75) is 33.2 Å². The van der Waals surface area contributed by atoms with Crippen molar-refractivity contribution in [3.05, 3.63) is 29.8 Å². The molecule has 2 rings (SSSR count). The summed E-state index contributed by atoms with van der Waals surface area (Å²) in [5.41, 5.74) is 2.66. The Morgan fingerprint density at radius 3 is 2.35 bits per heavy atom. The first-order valence-corrected chi connectivity index (χ1v) is 8.07. The third-order valence-corrected chi connectivity index (χ3v) is 4.31. The first-order valence-electron chi connectivity index (χ1n) is 8.07. The first-order chi connectivity index (χ1) is 9.81. The number of anilines is 1. The summed E-state index contributed by atoms with van der Waals surface area (Å²) in [5, 5.41) is 7.00. The Kier molecular flexibility index (Phi) is 6.34. The van der Waals surface area contributed by atoms with Crippen LogP contribution in [0.1, 0.15) is 32.3 Å². The highest BCUT2D eigenvalue weighted by atomic mass is 15.1. The molecule has 0 amide bonds. The van der Waals surface area contributed by atoms with E-state index >= 15 is 0 Å². The van der Waals surface area contributed by atoms with Gasteiger partial charge in [0.05, 0.1) is 0 Å². The molecule has 1 aromatic carbocycles. The van der Waals surface area contributed by atoms with Gasteiger partial charge in [0.25, 0.3) is 0 Å². The minimum Gasteiger partial charge on any atom is -0.385 e. The van der Waals surface area contributed by atoms with Crippen LogP contribution in [0.3, 0.4) is 0 Å². The Hall–Kier alpha value is -1.06. The normalized spacial score (nSPS) is 16.6. The van der Waals surface area contributed by atoms with Gasteiger partial charge in [-0.1, -0.05) is 26.0 Å². The zero-order valence-corrected chi connectivity index (χ0v) is 13.0. The molecule has 2 N–H and O–H groups in total. The molecule has 1 aromatic rings. The summed E-state index contributed by atoms with van der Waals surface area (Å²) in [5.74, 6) is 0.826. The highest BCUT2D eigenvalue weighted by Gasteiger charge is 2.12. The fourth-order valence-corrected chi connectivity index (χ4v) is 2.78. The number of nitrogens with one attached hydrogen (secondary N) is 2. The molecule has 20 heavy (non-hydrogen) atoms. The third kappa shape index (κ3) is 4.80. The van der Waals surface area contributed by atoms with Crippen molar-refractivity contribution < 1.29 is 0 Å². The van der Waals surface area contributed by atoms with Crippen molar-refractivity contribution >= 4 is 5.69 Å². The van der Waals surface area contributed by atoms with Crippen molar-refractivity contribution in [1.82, 2.24) is 10.2 Å². The van der Waals surface area contributed by atoms with Crippen LogP contribution in [0.2, 0.25) is 0 Å². The summed E-state index contributed by atoms with van der Waals surface area (Å²) < 4.78 is 0. The Balaban J connectivity index is 1.78. The van der Waals surface area contributed by atoms with Crippen molar-refractivity contribution in [3.63, 3.8) is 0 Å². The van der Waals surface area contributed by atoms with E-state index in [2.05, 4.69) is 53.6 Å². The number of nitrogens with zero attached hydrogens (tertiary/aromatic N) is 1. The number of hydrogen-bond acceptors (Lipinski definition) is 3. The molecule has 0 unspecified atom stereocenters. The Bertz CT molecular complexity index is 364. The fourth-order valence-electron chi connectivity index (χ4n) is 2.78. The molecule has 0 atom stereocenters. The van der Waals surface area contributed by atoms with Gasteiger partial charge in [-0.05, 0) is 62.6 Å². The van der Waals surface area contributed by atoms with Gasteiger partial charge in [0.1, 0.15) is 0 Å². The second-order valence-corrected chi connectivity index (χ2v) is 5.73. The predicted octanol–water partition coefficient (Wildman–Crippen LogP) is 2.94. The van der Waals surface area contributed by atoms with Gasteiger partial charge in [-0.25, -0.2) is 0 Å². The van der Waals surface area contributed by atoms with E-state index in [1.54, 1.807) is 0 Å². The van der Waals surface area contributed by atoms with E-state index in [1.165, 1.54) is 37.2 Å². The van der Waals surface area contributed by atoms with Gasteiger partial charge in [-0.3, -0.25) is 4.90 Å². The highest BCUT2D eigenvalue weighted by Crippen LogP contribution is 2.15. The smallest absolute Gasteiger partial charge is 0.0340 e. The third-order valence-electron chi connectivity index (χ3n) is 4.31. The van der Waals surface area contributed by atoms with Gasteiger partial charge in [-0.15, -0.1) is 0 Å². The summed E-state index contributed by atoms with van der Waals surface area (Å²) in [4.78, 5) is 2.44. The molecule has 1 heterocycles. The molecule has 1 saturated heterocycles. The molecular weight excluding hydrogens is 246 g/mol. The Morgan fingerprint density at radius 2 is 1.75 bits per heavy atom. The second kappa shape index (κ2) is 8.28. The van der Waals surface area contributed by atoms with E-state index in [0.29, 0.717) is 0 Å². The van der Waals surface area contributed by atoms with Crippen LogP contribution in [0, 0.1) is 5.92 Å². The molecule has 0 spiro atoms. The topological polar surface area (TPSA) is 27.3 Å². The van der Waals surface area contributed by atoms with E-state index in [-0.39, 0.29) is 0 Å². The zero-order valence-electron chi connectivity index (χ0n) is 13.0. The van der Waals surface area contributed by atoms with Crippen LogP contribution >= 0.6 is 0 Å². The van der Waals surface area contributed by atoms with Gasteiger partial charge in [-0.2, -0.15) is 0 Å². The molecule has 1 fully saturated rings. The lowest BCUT2D eigenvalue weighted by molar-refractivity contribution is 0.296. The highest BCUT2D eigenvalue weighted by molar-refractivity contribution is 5.44. The van der Waals surface area contributed by atoms with Gasteiger partial charge in [0.15, 0.2) is 0 Å². The maximum atomic E-state index is 3.58. The molecule has 3 nitrogen and oxygen atoms in total. The summed E-state index contributed by atoms with van der Waals surface area (Å²) in [6, 6.07) is 8.95. The minimum absolute atomic E-state index is 0.826. The monoisotopic (exact) mass is 275 g/mol. The average molecular weight is 275 g/mol. The Labute approximate surface area is 123 Å². The summed E-state index contributed by atoms with van der Waals surface area (Å²) >= 11 is 0. The van der Waals surface area contributed by atoms with E-state index < -0.39 is 0 Å². The number of rotatable bonds is 7. The lowest BCUT2D eigenvalue weighted by Crippen LogP contribution is -2.31. The van der Waals surface area contributed by atoms with E-state index in [4.69, 9.17) is 0 Å². The van der Waals surface area contributed by atoms with Crippen LogP contribution in [-0.2, 0) is 6.54 Å². The van der Waals surface area contributed by atoms with Crippen molar-refractivity contribution in [2.75, 3.05) is 38.0 Å². The van der Waals surface area contributed by atoms with E-state index in [0.717, 1.165) is 32.1 Å². The molecular formula is C17H29N3. The molecule has 112 valence electrons. The molecule has 0 aromatic heterocycles. The van der Waals surface area contributed by atoms with Crippen LogP contribution in [0.15, 0.2) is 24.3 Å². The SMILES string of the molecule is CCN(CC)Cc1ccc(NCC2CCNCC2)cc1. The van der Waals surface area contributed by atoms with Crippen molar-refractivity contribution in [1.29, 1.82) is 0 Å². The predicted molar refractivity (Wildman–Crippen MR) is 87.2 cm³/mol. The standard InChI is InChI=1S/C17H29N3/c1-3-20(4-2)14-16-5-7-17(8-6-16)19-13-15-9-11-18-12-10-15/h5-8,15,18-19H,3-4,9-14H2,1-2H3. The fraction of sp³-hybridized carbons (Fsp3) is 0.647. The van der Waals surface area contributed by atoms with E-state index in [9.17, 15) is 0 Å². The number of piperidine rings is 1. The largest absolute Gasteiger partial charge is 0.385 e. The first kappa shape index (κ1) is 15.3. The number of benzene rings is 1. The Morgan fingerprint density at radius 1 is 1.10 bits per heavy atom. The average Bonchev–Trinajstić information content (AvgIpc) is 2.53. The van der Waals surface area contributed by atoms with Gasteiger partial charge in [0.2, 0.25) is 0 Å². The van der Waals surface area contributed by atoms with Crippen LogP contribution in [0.25, 0.3) is 0 Å². The van der Waals surface area contributed by atoms with Gasteiger partial charge in [0, 0.05) is 18.8 Å². The van der Waals surface area contributed by atoms with Gasteiger partial charge < -0.3 is 10.6 Å². The van der Waals surface area contributed by atoms with Crippen molar-refractivity contribution in [3.8, 4) is 0 Å². The molecule has 1 aliphatic heterocycles. The molecule has 0 saturated carbocycles. The van der Waals surface area contributed by atoms with Crippen molar-refractivity contribution in [2.24, 2.45) is 5.92 Å². The molecule has 0 radical (unpaired) electrons. The van der Waals surface area contributed by atoms with Gasteiger partial charge >= 0.3 is 0 Å². The van der Waals surface area contributed by atoms with Crippen LogP contribution < -0.4 is 10.6 Å². The van der Waals surface area contributed by atoms with Crippen LogP contribution in [-0.4, -0.2) is 37.6 Å². The quantitative estimate of drug-likeness (QED) is 0.801. The minimum atomic E-state index is 0.826. The lowest BCUT2D eigenvalue weighted by Gasteiger charge is -2.23.